The highest BCUT2D eigenvalue weighted by Crippen LogP contribution is 2.43. The van der Waals surface area contributed by atoms with Gasteiger partial charge in [-0.25, -0.2) is 0 Å². The van der Waals surface area contributed by atoms with Crippen molar-refractivity contribution in [1.82, 2.24) is 0 Å². The Balaban J connectivity index is 2.39. The summed E-state index contributed by atoms with van der Waals surface area (Å²) in [6.45, 7) is 0. The van der Waals surface area contributed by atoms with Crippen LogP contribution in [0.4, 0.5) is 18.9 Å². The van der Waals surface area contributed by atoms with Crippen LogP contribution < -0.4 is 0 Å². The smallest absolute Gasteiger partial charge is 0.258 e. The van der Waals surface area contributed by atoms with Crippen LogP contribution in [0.5, 0.6) is 0 Å². The molecule has 3 aromatic rings. The molecule has 0 unspecified atom stereocenters. The molecule has 0 aliphatic carbocycles. The molecule has 3 nitrogen and oxygen atoms in total. The standard InChI is InChI=1S/C21H14F3NO2/c22-21(23,24)20(17-12-7-13-18(14-17)25(26)27)19(15-8-3-1-4-9-15)16-10-5-2-6-11-16/h1-14H. The van der Waals surface area contributed by atoms with E-state index < -0.39 is 22.4 Å². The van der Waals surface area contributed by atoms with Gasteiger partial charge in [0.15, 0.2) is 0 Å². The monoisotopic (exact) mass is 369 g/mol. The molecule has 0 heterocycles. The van der Waals surface area contributed by atoms with Gasteiger partial charge in [-0.2, -0.15) is 13.2 Å². The van der Waals surface area contributed by atoms with Crippen LogP contribution in [-0.4, -0.2) is 11.1 Å². The Bertz CT molecular complexity index is 940. The molecule has 0 N–H and O–H groups in total. The van der Waals surface area contributed by atoms with Crippen molar-refractivity contribution in [2.45, 2.75) is 6.18 Å². The number of hydrogen-bond donors (Lipinski definition) is 0. The zero-order chi connectivity index (χ0) is 19.4. The molecule has 0 saturated heterocycles. The van der Waals surface area contributed by atoms with Gasteiger partial charge in [-0.3, -0.25) is 10.1 Å². The van der Waals surface area contributed by atoms with E-state index in [9.17, 15) is 23.3 Å². The summed E-state index contributed by atoms with van der Waals surface area (Å²) in [5.74, 6) is 0. The van der Waals surface area contributed by atoms with Gasteiger partial charge in [-0.1, -0.05) is 72.8 Å². The highest BCUT2D eigenvalue weighted by Gasteiger charge is 2.38. The summed E-state index contributed by atoms with van der Waals surface area (Å²) in [4.78, 5) is 10.3. The fraction of sp³-hybridized carbons (Fsp3) is 0.0476. The number of nitrogens with zero attached hydrogens (tertiary/aromatic N) is 1. The van der Waals surface area contributed by atoms with Crippen LogP contribution in [0.2, 0.25) is 0 Å². The largest absolute Gasteiger partial charge is 0.417 e. The summed E-state index contributed by atoms with van der Waals surface area (Å²) in [7, 11) is 0. The second kappa shape index (κ2) is 7.45. The van der Waals surface area contributed by atoms with E-state index in [2.05, 4.69) is 0 Å². The Morgan fingerprint density at radius 2 is 1.22 bits per heavy atom. The SMILES string of the molecule is O=[N+]([O-])c1cccc(C(=C(c2ccccc2)c2ccccc2)C(F)(F)F)c1. The summed E-state index contributed by atoms with van der Waals surface area (Å²) in [6, 6.07) is 21.0. The second-order valence-electron chi connectivity index (χ2n) is 5.79. The van der Waals surface area contributed by atoms with E-state index in [1.165, 1.54) is 18.2 Å². The fourth-order valence-corrected chi connectivity index (χ4v) is 2.89. The zero-order valence-corrected chi connectivity index (χ0v) is 14.0. The maximum absolute atomic E-state index is 14.1. The van der Waals surface area contributed by atoms with Crippen molar-refractivity contribution in [1.29, 1.82) is 0 Å². The number of hydrogen-bond acceptors (Lipinski definition) is 2. The lowest BCUT2D eigenvalue weighted by Crippen LogP contribution is -2.14. The average Bonchev–Trinajstić information content (AvgIpc) is 2.66. The number of nitro groups is 1. The quantitative estimate of drug-likeness (QED) is 0.316. The van der Waals surface area contributed by atoms with Gasteiger partial charge >= 0.3 is 6.18 Å². The Morgan fingerprint density at radius 1 is 0.741 bits per heavy atom. The third-order valence-electron chi connectivity index (χ3n) is 4.00. The van der Waals surface area contributed by atoms with Crippen LogP contribution in [0.3, 0.4) is 0 Å². The number of allylic oxidation sites excluding steroid dienone is 1. The van der Waals surface area contributed by atoms with Gasteiger partial charge in [0.1, 0.15) is 0 Å². The molecule has 0 spiro atoms. The molecular formula is C21H14F3NO2. The summed E-state index contributed by atoms with van der Waals surface area (Å²) in [6.07, 6.45) is -4.71. The lowest BCUT2D eigenvalue weighted by atomic mass is 9.89. The topological polar surface area (TPSA) is 43.1 Å². The maximum Gasteiger partial charge on any atom is 0.417 e. The molecule has 0 saturated carbocycles. The van der Waals surface area contributed by atoms with E-state index in [1.807, 2.05) is 0 Å². The van der Waals surface area contributed by atoms with E-state index in [-0.39, 0.29) is 11.1 Å². The summed E-state index contributed by atoms with van der Waals surface area (Å²) in [5.41, 5.74) is -0.827. The van der Waals surface area contributed by atoms with Gasteiger partial charge in [-0.05, 0) is 16.7 Å². The Kier molecular flexibility index (Phi) is 5.07. The van der Waals surface area contributed by atoms with E-state index in [4.69, 9.17) is 0 Å². The van der Waals surface area contributed by atoms with Gasteiger partial charge in [0.05, 0.1) is 10.5 Å². The highest BCUT2D eigenvalue weighted by atomic mass is 19.4. The summed E-state index contributed by atoms with van der Waals surface area (Å²) >= 11 is 0. The number of nitro benzene ring substituents is 1. The minimum absolute atomic E-state index is 0.0239. The Hall–Kier alpha value is -3.41. The van der Waals surface area contributed by atoms with Gasteiger partial charge < -0.3 is 0 Å². The van der Waals surface area contributed by atoms with Gasteiger partial charge in [0, 0.05) is 17.7 Å². The molecule has 0 aliphatic rings. The minimum atomic E-state index is -4.71. The third-order valence-corrected chi connectivity index (χ3v) is 4.00. The zero-order valence-electron chi connectivity index (χ0n) is 14.0. The number of non-ortho nitro benzene ring substituents is 1. The molecule has 27 heavy (non-hydrogen) atoms. The number of benzene rings is 3. The predicted molar refractivity (Wildman–Crippen MR) is 98.0 cm³/mol. The molecule has 0 aromatic heterocycles. The molecule has 6 heteroatoms. The number of halogens is 3. The molecule has 0 amide bonds. The molecular weight excluding hydrogens is 355 g/mol. The first-order chi connectivity index (χ1) is 12.9. The molecule has 0 fully saturated rings. The van der Waals surface area contributed by atoms with Crippen LogP contribution in [-0.2, 0) is 0 Å². The lowest BCUT2D eigenvalue weighted by molar-refractivity contribution is -0.384. The third kappa shape index (κ3) is 4.06. The first-order valence-corrected chi connectivity index (χ1v) is 8.05. The van der Waals surface area contributed by atoms with Crippen molar-refractivity contribution in [3.05, 3.63) is 112 Å². The second-order valence-corrected chi connectivity index (χ2v) is 5.79. The molecule has 0 aliphatic heterocycles. The number of alkyl halides is 3. The molecule has 0 bridgehead atoms. The van der Waals surface area contributed by atoms with E-state index in [1.54, 1.807) is 60.7 Å². The highest BCUT2D eigenvalue weighted by molar-refractivity contribution is 6.00. The van der Waals surface area contributed by atoms with E-state index >= 15 is 0 Å². The van der Waals surface area contributed by atoms with E-state index in [0.717, 1.165) is 6.07 Å². The van der Waals surface area contributed by atoms with Gasteiger partial charge in [0.2, 0.25) is 0 Å². The normalized spacial score (nSPS) is 11.1. The van der Waals surface area contributed by atoms with Crippen molar-refractivity contribution < 1.29 is 18.1 Å². The van der Waals surface area contributed by atoms with E-state index in [0.29, 0.717) is 11.1 Å². The number of rotatable bonds is 4. The van der Waals surface area contributed by atoms with Crippen LogP contribution >= 0.6 is 0 Å². The van der Waals surface area contributed by atoms with Crippen LogP contribution in [0, 0.1) is 10.1 Å². The molecule has 0 radical (unpaired) electrons. The fourth-order valence-electron chi connectivity index (χ4n) is 2.89. The Labute approximate surface area is 153 Å². The minimum Gasteiger partial charge on any atom is -0.258 e. The molecule has 3 rings (SSSR count). The van der Waals surface area contributed by atoms with Gasteiger partial charge in [-0.15, -0.1) is 0 Å². The molecule has 3 aromatic carbocycles. The van der Waals surface area contributed by atoms with Crippen LogP contribution in [0.1, 0.15) is 16.7 Å². The molecule has 136 valence electrons. The summed E-state index contributed by atoms with van der Waals surface area (Å²) < 4.78 is 42.4. The Morgan fingerprint density at radius 3 is 1.67 bits per heavy atom. The lowest BCUT2D eigenvalue weighted by Gasteiger charge is -2.19. The molecule has 0 atom stereocenters. The van der Waals surface area contributed by atoms with Crippen molar-refractivity contribution in [2.24, 2.45) is 0 Å². The van der Waals surface area contributed by atoms with Crippen molar-refractivity contribution in [2.75, 3.05) is 0 Å². The van der Waals surface area contributed by atoms with Crippen molar-refractivity contribution >= 4 is 16.8 Å². The maximum atomic E-state index is 14.1. The first kappa shape index (κ1) is 18.4. The van der Waals surface area contributed by atoms with Crippen LogP contribution in [0.15, 0.2) is 84.9 Å². The van der Waals surface area contributed by atoms with Crippen molar-refractivity contribution in [3.8, 4) is 0 Å². The van der Waals surface area contributed by atoms with Crippen molar-refractivity contribution in [3.63, 3.8) is 0 Å². The van der Waals surface area contributed by atoms with Crippen LogP contribution in [0.25, 0.3) is 11.1 Å². The predicted octanol–water partition coefficient (Wildman–Crippen LogP) is 6.12. The summed E-state index contributed by atoms with van der Waals surface area (Å²) in [5, 5.41) is 11.0. The first-order valence-electron chi connectivity index (χ1n) is 8.05. The average molecular weight is 369 g/mol. The van der Waals surface area contributed by atoms with Gasteiger partial charge in [0.25, 0.3) is 5.69 Å².